The molecule has 2 heterocycles. The molecule has 0 atom stereocenters. The summed E-state index contributed by atoms with van der Waals surface area (Å²) in [6.07, 6.45) is 11.1. The largest absolute Gasteiger partial charge is 0.331 e. The van der Waals surface area contributed by atoms with Gasteiger partial charge in [-0.3, -0.25) is 4.79 Å². The molecule has 0 spiro atoms. The van der Waals surface area contributed by atoms with Crippen LogP contribution < -0.4 is 5.32 Å². The molecule has 0 aromatic carbocycles. The Bertz CT molecular complexity index is 568. The number of carbonyl (C=O) groups is 1. The third-order valence-electron chi connectivity index (χ3n) is 5.97. The third kappa shape index (κ3) is 3.34. The molecular formula is C18H29N5O. The van der Waals surface area contributed by atoms with Crippen molar-refractivity contribution in [3.8, 4) is 0 Å². The first-order valence-corrected chi connectivity index (χ1v) is 9.67. The summed E-state index contributed by atoms with van der Waals surface area (Å²) in [5, 5.41) is 11.9. The standard InChI is InChI=1S/C18H29N5O/c1-13-2-4-15(5-3-13)23(16-6-7-16)18(24)17-12-22(21-20-17)14-8-10-19-11-9-14/h12-16,19H,2-11H2,1H3. The molecule has 6 nitrogen and oxygen atoms in total. The number of rotatable bonds is 4. The number of nitrogens with one attached hydrogen (secondary N) is 1. The van der Waals surface area contributed by atoms with E-state index in [0.29, 0.717) is 23.8 Å². The van der Waals surface area contributed by atoms with Crippen LogP contribution in [0.4, 0.5) is 0 Å². The van der Waals surface area contributed by atoms with Crippen molar-refractivity contribution >= 4 is 5.91 Å². The van der Waals surface area contributed by atoms with Gasteiger partial charge in [-0.2, -0.15) is 0 Å². The number of aromatic nitrogens is 3. The molecular weight excluding hydrogens is 302 g/mol. The zero-order valence-electron chi connectivity index (χ0n) is 14.7. The average molecular weight is 331 g/mol. The molecule has 0 radical (unpaired) electrons. The molecule has 132 valence electrons. The molecule has 6 heteroatoms. The molecule has 24 heavy (non-hydrogen) atoms. The van der Waals surface area contributed by atoms with Crippen molar-refractivity contribution in [3.05, 3.63) is 11.9 Å². The minimum absolute atomic E-state index is 0.109. The van der Waals surface area contributed by atoms with Gasteiger partial charge in [-0.25, -0.2) is 4.68 Å². The molecule has 0 unspecified atom stereocenters. The number of hydrogen-bond donors (Lipinski definition) is 1. The van der Waals surface area contributed by atoms with Crippen molar-refractivity contribution in [2.75, 3.05) is 13.1 Å². The molecule has 1 saturated heterocycles. The van der Waals surface area contributed by atoms with E-state index in [1.165, 1.54) is 12.8 Å². The lowest BCUT2D eigenvalue weighted by Gasteiger charge is -2.36. The fraction of sp³-hybridized carbons (Fsp3) is 0.833. The fourth-order valence-electron chi connectivity index (χ4n) is 4.26. The molecule has 3 aliphatic rings. The Labute approximate surface area is 144 Å². The number of hydrogen-bond acceptors (Lipinski definition) is 4. The number of amides is 1. The van der Waals surface area contributed by atoms with E-state index in [4.69, 9.17) is 0 Å². The van der Waals surface area contributed by atoms with Crippen LogP contribution in [0, 0.1) is 5.92 Å². The van der Waals surface area contributed by atoms with Gasteiger partial charge in [0.1, 0.15) is 0 Å². The number of carbonyl (C=O) groups excluding carboxylic acids is 1. The summed E-state index contributed by atoms with van der Waals surface area (Å²) in [7, 11) is 0. The summed E-state index contributed by atoms with van der Waals surface area (Å²) in [6.45, 7) is 4.36. The maximum atomic E-state index is 13.1. The van der Waals surface area contributed by atoms with E-state index < -0.39 is 0 Å². The SMILES string of the molecule is CC1CCC(N(C(=O)c2cn(C3CCNCC3)nn2)C2CC2)CC1. The molecule has 3 fully saturated rings. The van der Waals surface area contributed by atoms with Gasteiger partial charge < -0.3 is 10.2 Å². The molecule has 1 aromatic rings. The Kier molecular flexibility index (Phi) is 4.57. The Hall–Kier alpha value is -1.43. The summed E-state index contributed by atoms with van der Waals surface area (Å²) in [6, 6.07) is 1.23. The van der Waals surface area contributed by atoms with Crippen molar-refractivity contribution in [1.29, 1.82) is 0 Å². The van der Waals surface area contributed by atoms with E-state index in [9.17, 15) is 4.79 Å². The van der Waals surface area contributed by atoms with Gasteiger partial charge in [-0.1, -0.05) is 12.1 Å². The van der Waals surface area contributed by atoms with Crippen molar-refractivity contribution in [3.63, 3.8) is 0 Å². The van der Waals surface area contributed by atoms with Crippen molar-refractivity contribution in [2.45, 2.75) is 76.4 Å². The van der Waals surface area contributed by atoms with Gasteiger partial charge in [0.2, 0.25) is 0 Å². The predicted octanol–water partition coefficient (Wildman–Crippen LogP) is 2.39. The molecule has 2 saturated carbocycles. The highest BCUT2D eigenvalue weighted by atomic mass is 16.2. The smallest absolute Gasteiger partial charge is 0.276 e. The minimum Gasteiger partial charge on any atom is -0.331 e. The second kappa shape index (κ2) is 6.82. The first kappa shape index (κ1) is 16.1. The highest BCUT2D eigenvalue weighted by Gasteiger charge is 2.39. The third-order valence-corrected chi connectivity index (χ3v) is 5.97. The summed E-state index contributed by atoms with van der Waals surface area (Å²) in [5.74, 6) is 0.912. The predicted molar refractivity (Wildman–Crippen MR) is 91.8 cm³/mol. The first-order valence-electron chi connectivity index (χ1n) is 9.67. The molecule has 1 aliphatic heterocycles. The lowest BCUT2D eigenvalue weighted by molar-refractivity contribution is 0.0587. The number of nitrogens with zero attached hydrogens (tertiary/aromatic N) is 4. The normalized spacial score (nSPS) is 28.7. The van der Waals surface area contributed by atoms with Gasteiger partial charge in [0, 0.05) is 12.1 Å². The zero-order valence-corrected chi connectivity index (χ0v) is 14.7. The van der Waals surface area contributed by atoms with Gasteiger partial charge in [0.25, 0.3) is 5.91 Å². The fourth-order valence-corrected chi connectivity index (χ4v) is 4.26. The van der Waals surface area contributed by atoms with Crippen molar-refractivity contribution < 1.29 is 4.79 Å². The van der Waals surface area contributed by atoms with E-state index in [-0.39, 0.29) is 5.91 Å². The van der Waals surface area contributed by atoms with Crippen LogP contribution in [0.1, 0.15) is 74.8 Å². The molecule has 2 aliphatic carbocycles. The van der Waals surface area contributed by atoms with Gasteiger partial charge in [0.05, 0.1) is 12.2 Å². The van der Waals surface area contributed by atoms with E-state index >= 15 is 0 Å². The topological polar surface area (TPSA) is 63.1 Å². The van der Waals surface area contributed by atoms with Crippen LogP contribution in [0.3, 0.4) is 0 Å². The number of piperidine rings is 1. The summed E-state index contributed by atoms with van der Waals surface area (Å²) >= 11 is 0. The highest BCUT2D eigenvalue weighted by molar-refractivity contribution is 5.92. The molecule has 1 N–H and O–H groups in total. The van der Waals surface area contributed by atoms with Crippen LogP contribution in [-0.2, 0) is 0 Å². The lowest BCUT2D eigenvalue weighted by atomic mass is 9.86. The van der Waals surface area contributed by atoms with Crippen molar-refractivity contribution in [2.24, 2.45) is 5.92 Å². The van der Waals surface area contributed by atoms with Gasteiger partial charge >= 0.3 is 0 Å². The van der Waals surface area contributed by atoms with Gasteiger partial charge in [0.15, 0.2) is 5.69 Å². The van der Waals surface area contributed by atoms with Crippen molar-refractivity contribution in [1.82, 2.24) is 25.2 Å². The van der Waals surface area contributed by atoms with Gasteiger partial charge in [-0.15, -0.1) is 5.10 Å². The van der Waals surface area contributed by atoms with Crippen LogP contribution in [-0.4, -0.2) is 51.0 Å². The minimum atomic E-state index is 0.109. The van der Waals surface area contributed by atoms with Crippen LogP contribution in [0.5, 0.6) is 0 Å². The average Bonchev–Trinajstić information content (AvgIpc) is 3.32. The monoisotopic (exact) mass is 331 g/mol. The molecule has 0 bridgehead atoms. The second-order valence-corrected chi connectivity index (χ2v) is 7.92. The first-order chi connectivity index (χ1) is 11.7. The Morgan fingerprint density at radius 3 is 2.33 bits per heavy atom. The van der Waals surface area contributed by atoms with Crippen LogP contribution in [0.2, 0.25) is 0 Å². The van der Waals surface area contributed by atoms with Gasteiger partial charge in [-0.05, 0) is 70.4 Å². The van der Waals surface area contributed by atoms with E-state index in [2.05, 4.69) is 27.5 Å². The molecule has 4 rings (SSSR count). The van der Waals surface area contributed by atoms with Crippen LogP contribution in [0.15, 0.2) is 6.20 Å². The zero-order chi connectivity index (χ0) is 16.5. The maximum absolute atomic E-state index is 13.1. The summed E-state index contributed by atoms with van der Waals surface area (Å²) in [4.78, 5) is 15.3. The summed E-state index contributed by atoms with van der Waals surface area (Å²) in [5.41, 5.74) is 0.541. The van der Waals surface area contributed by atoms with Crippen LogP contribution >= 0.6 is 0 Å². The summed E-state index contributed by atoms with van der Waals surface area (Å²) < 4.78 is 1.92. The Morgan fingerprint density at radius 2 is 1.71 bits per heavy atom. The van der Waals surface area contributed by atoms with E-state index in [1.54, 1.807) is 0 Å². The second-order valence-electron chi connectivity index (χ2n) is 7.92. The highest BCUT2D eigenvalue weighted by Crippen LogP contribution is 2.36. The Morgan fingerprint density at radius 1 is 1.08 bits per heavy atom. The lowest BCUT2D eigenvalue weighted by Crippen LogP contribution is -2.44. The molecule has 1 aromatic heterocycles. The quantitative estimate of drug-likeness (QED) is 0.920. The Balaban J connectivity index is 1.47. The van der Waals surface area contributed by atoms with E-state index in [1.807, 2.05) is 10.9 Å². The van der Waals surface area contributed by atoms with E-state index in [0.717, 1.165) is 57.5 Å². The van der Waals surface area contributed by atoms with Crippen LogP contribution in [0.25, 0.3) is 0 Å². The molecule has 1 amide bonds. The maximum Gasteiger partial charge on any atom is 0.276 e.